The fraction of sp³-hybridized carbons (Fsp3) is 0.208. The smallest absolute Gasteiger partial charge is 0.255 e. The highest BCUT2D eigenvalue weighted by Crippen LogP contribution is 2.21. The van der Waals surface area contributed by atoms with Crippen LogP contribution >= 0.6 is 0 Å². The van der Waals surface area contributed by atoms with E-state index in [-0.39, 0.29) is 28.4 Å². The van der Waals surface area contributed by atoms with Crippen LogP contribution in [0.1, 0.15) is 42.7 Å². The Hall–Kier alpha value is -3.16. The number of nitrogens with one attached hydrogen (secondary N) is 3. The summed E-state index contributed by atoms with van der Waals surface area (Å²) in [5, 5.41) is 6.23. The van der Waals surface area contributed by atoms with Gasteiger partial charge in [-0.2, -0.15) is 0 Å². The molecule has 1 atom stereocenters. The Morgan fingerprint density at radius 2 is 1.45 bits per heavy atom. The molecule has 3 aromatic carbocycles. The lowest BCUT2D eigenvalue weighted by Crippen LogP contribution is -2.30. The minimum absolute atomic E-state index is 0.0586. The van der Waals surface area contributed by atoms with Crippen LogP contribution in [0.15, 0.2) is 83.8 Å². The number of benzene rings is 3. The summed E-state index contributed by atoms with van der Waals surface area (Å²) >= 11 is 0. The summed E-state index contributed by atoms with van der Waals surface area (Å²) < 4.78 is 27.2. The number of carbonyl (C=O) groups excluding carboxylic acids is 1. The second-order valence-electron chi connectivity index (χ2n) is 7.61. The third-order valence-corrected chi connectivity index (χ3v) is 6.28. The number of rotatable bonds is 8. The van der Waals surface area contributed by atoms with Gasteiger partial charge >= 0.3 is 0 Å². The Balaban J connectivity index is 1.66. The summed E-state index contributed by atoms with van der Waals surface area (Å²) in [6, 6.07) is 23.4. The van der Waals surface area contributed by atoms with Crippen molar-refractivity contribution in [3.63, 3.8) is 0 Å². The molecule has 3 aromatic rings. The quantitative estimate of drug-likeness (QED) is 0.472. The number of hydrogen-bond acceptors (Lipinski definition) is 4. The Morgan fingerprint density at radius 1 is 0.806 bits per heavy atom. The Bertz CT molecular complexity index is 1130. The summed E-state index contributed by atoms with van der Waals surface area (Å²) in [6.07, 6.45) is 0. The van der Waals surface area contributed by atoms with Crippen LogP contribution in [0, 0.1) is 0 Å². The Kier molecular flexibility index (Phi) is 7.09. The zero-order chi connectivity index (χ0) is 22.4. The molecule has 0 saturated carbocycles. The molecule has 7 heteroatoms. The number of anilines is 2. The van der Waals surface area contributed by atoms with Crippen LogP contribution in [0.4, 0.5) is 11.4 Å². The first-order valence-electron chi connectivity index (χ1n) is 10.1. The molecular weight excluding hydrogens is 410 g/mol. The van der Waals surface area contributed by atoms with Gasteiger partial charge in [-0.05, 0) is 68.8 Å². The van der Waals surface area contributed by atoms with Crippen LogP contribution in [-0.4, -0.2) is 20.4 Å². The highest BCUT2D eigenvalue weighted by molar-refractivity contribution is 7.89. The van der Waals surface area contributed by atoms with Gasteiger partial charge in [0.05, 0.1) is 4.90 Å². The highest BCUT2D eigenvalue weighted by atomic mass is 32.2. The second kappa shape index (κ2) is 9.76. The molecule has 31 heavy (non-hydrogen) atoms. The monoisotopic (exact) mass is 437 g/mol. The van der Waals surface area contributed by atoms with Crippen molar-refractivity contribution in [2.24, 2.45) is 0 Å². The van der Waals surface area contributed by atoms with Crippen LogP contribution in [0.2, 0.25) is 0 Å². The molecular formula is C24H27N3O3S. The number of sulfonamides is 1. The molecule has 1 unspecified atom stereocenters. The van der Waals surface area contributed by atoms with E-state index in [2.05, 4.69) is 34.4 Å². The molecule has 0 aromatic heterocycles. The van der Waals surface area contributed by atoms with Crippen molar-refractivity contribution in [1.29, 1.82) is 0 Å². The maximum absolute atomic E-state index is 12.6. The molecule has 6 nitrogen and oxygen atoms in total. The average molecular weight is 438 g/mol. The van der Waals surface area contributed by atoms with Crippen LogP contribution in [-0.2, 0) is 10.0 Å². The average Bonchev–Trinajstić information content (AvgIpc) is 2.75. The standard InChI is InChI=1S/C24H27N3O3S/c1-17(2)27-31(29,30)23-11-7-10-20(16-23)24(28)26-22-14-12-21(13-15-22)25-18(3)19-8-5-4-6-9-19/h4-18,25,27H,1-3H3,(H,26,28). The van der Waals surface area contributed by atoms with E-state index in [4.69, 9.17) is 0 Å². The molecule has 0 radical (unpaired) electrons. The van der Waals surface area contributed by atoms with Crippen molar-refractivity contribution < 1.29 is 13.2 Å². The molecule has 0 heterocycles. The van der Waals surface area contributed by atoms with E-state index < -0.39 is 10.0 Å². The number of carbonyl (C=O) groups is 1. The maximum atomic E-state index is 12.6. The van der Waals surface area contributed by atoms with Crippen molar-refractivity contribution >= 4 is 27.3 Å². The van der Waals surface area contributed by atoms with Gasteiger partial charge in [0.2, 0.25) is 10.0 Å². The number of hydrogen-bond donors (Lipinski definition) is 3. The fourth-order valence-corrected chi connectivity index (χ4v) is 4.41. The largest absolute Gasteiger partial charge is 0.379 e. The summed E-state index contributed by atoms with van der Waals surface area (Å²) in [6.45, 7) is 5.57. The van der Waals surface area contributed by atoms with Crippen LogP contribution in [0.3, 0.4) is 0 Å². The van der Waals surface area contributed by atoms with Gasteiger partial charge < -0.3 is 10.6 Å². The van der Waals surface area contributed by atoms with Crippen LogP contribution in [0.5, 0.6) is 0 Å². The van der Waals surface area contributed by atoms with E-state index in [1.807, 2.05) is 30.3 Å². The molecule has 3 rings (SSSR count). The lowest BCUT2D eigenvalue weighted by Gasteiger charge is -2.16. The van der Waals surface area contributed by atoms with Gasteiger partial charge in [0.1, 0.15) is 0 Å². The molecule has 0 fully saturated rings. The van der Waals surface area contributed by atoms with Gasteiger partial charge in [0, 0.05) is 29.0 Å². The zero-order valence-corrected chi connectivity index (χ0v) is 18.6. The third-order valence-electron chi connectivity index (χ3n) is 4.62. The molecule has 0 aliphatic heterocycles. The van der Waals surface area contributed by atoms with E-state index >= 15 is 0 Å². The molecule has 0 spiro atoms. The fourth-order valence-electron chi connectivity index (χ4n) is 3.11. The van der Waals surface area contributed by atoms with Crippen molar-refractivity contribution in [3.05, 3.63) is 90.0 Å². The topological polar surface area (TPSA) is 87.3 Å². The lowest BCUT2D eigenvalue weighted by molar-refractivity contribution is 0.102. The van der Waals surface area contributed by atoms with Crippen molar-refractivity contribution in [3.8, 4) is 0 Å². The predicted octanol–water partition coefficient (Wildman–Crippen LogP) is 4.80. The summed E-state index contributed by atoms with van der Waals surface area (Å²) in [5.41, 5.74) is 3.01. The molecule has 0 aliphatic carbocycles. The van der Waals surface area contributed by atoms with E-state index in [1.165, 1.54) is 17.7 Å². The van der Waals surface area contributed by atoms with E-state index in [0.717, 1.165) is 5.69 Å². The minimum atomic E-state index is -3.67. The van der Waals surface area contributed by atoms with Gasteiger partial charge in [-0.1, -0.05) is 36.4 Å². The molecule has 0 bridgehead atoms. The molecule has 0 saturated heterocycles. The Morgan fingerprint density at radius 3 is 2.10 bits per heavy atom. The highest BCUT2D eigenvalue weighted by Gasteiger charge is 2.17. The van der Waals surface area contributed by atoms with Gasteiger partial charge in [0.25, 0.3) is 5.91 Å². The van der Waals surface area contributed by atoms with Gasteiger partial charge in [-0.3, -0.25) is 4.79 Å². The lowest BCUT2D eigenvalue weighted by atomic mass is 10.1. The summed E-state index contributed by atoms with van der Waals surface area (Å²) in [5.74, 6) is -0.375. The van der Waals surface area contributed by atoms with Crippen molar-refractivity contribution in [1.82, 2.24) is 4.72 Å². The van der Waals surface area contributed by atoms with E-state index in [0.29, 0.717) is 5.69 Å². The van der Waals surface area contributed by atoms with Crippen molar-refractivity contribution in [2.75, 3.05) is 10.6 Å². The maximum Gasteiger partial charge on any atom is 0.255 e. The zero-order valence-electron chi connectivity index (χ0n) is 17.8. The first-order chi connectivity index (χ1) is 14.7. The van der Waals surface area contributed by atoms with Crippen LogP contribution < -0.4 is 15.4 Å². The van der Waals surface area contributed by atoms with Gasteiger partial charge in [0.15, 0.2) is 0 Å². The SMILES string of the molecule is CC(C)NS(=O)(=O)c1cccc(C(=O)Nc2ccc(NC(C)c3ccccc3)cc2)c1. The molecule has 162 valence electrons. The summed E-state index contributed by atoms with van der Waals surface area (Å²) in [4.78, 5) is 12.7. The predicted molar refractivity (Wildman–Crippen MR) is 125 cm³/mol. The number of amides is 1. The second-order valence-corrected chi connectivity index (χ2v) is 9.33. The summed E-state index contributed by atoms with van der Waals surface area (Å²) in [7, 11) is -3.67. The molecule has 3 N–H and O–H groups in total. The van der Waals surface area contributed by atoms with Gasteiger partial charge in [-0.15, -0.1) is 0 Å². The Labute approximate surface area is 183 Å². The van der Waals surface area contributed by atoms with E-state index in [9.17, 15) is 13.2 Å². The van der Waals surface area contributed by atoms with E-state index in [1.54, 1.807) is 38.1 Å². The third kappa shape index (κ3) is 6.16. The first-order valence-corrected chi connectivity index (χ1v) is 11.6. The molecule has 1 amide bonds. The first kappa shape index (κ1) is 22.5. The van der Waals surface area contributed by atoms with Crippen LogP contribution in [0.25, 0.3) is 0 Å². The van der Waals surface area contributed by atoms with Crippen molar-refractivity contribution in [2.45, 2.75) is 37.8 Å². The minimum Gasteiger partial charge on any atom is -0.379 e. The normalized spacial score (nSPS) is 12.4. The van der Waals surface area contributed by atoms with Gasteiger partial charge in [-0.25, -0.2) is 13.1 Å². The molecule has 0 aliphatic rings.